The number of hydrogen-bond acceptors (Lipinski definition) is 5. The van der Waals surface area contributed by atoms with Gasteiger partial charge in [-0.15, -0.1) is 0 Å². The fourth-order valence-corrected chi connectivity index (χ4v) is 0.650. The second-order valence-corrected chi connectivity index (χ2v) is 3.80. The summed E-state index contributed by atoms with van der Waals surface area (Å²) < 4.78 is 4.82. The van der Waals surface area contributed by atoms with Gasteiger partial charge in [0.05, 0.1) is 5.41 Å². The first-order valence-corrected chi connectivity index (χ1v) is 4.58. The van der Waals surface area contributed by atoms with Gasteiger partial charge in [-0.05, 0) is 20.3 Å². The zero-order valence-corrected chi connectivity index (χ0v) is 8.82. The van der Waals surface area contributed by atoms with Gasteiger partial charge in [0.2, 0.25) is 0 Å². The van der Waals surface area contributed by atoms with Crippen LogP contribution in [0.1, 0.15) is 27.2 Å². The van der Waals surface area contributed by atoms with Crippen LogP contribution in [0.5, 0.6) is 0 Å². The third-order valence-corrected chi connectivity index (χ3v) is 2.13. The van der Waals surface area contributed by atoms with Crippen LogP contribution in [0.3, 0.4) is 0 Å². The highest BCUT2D eigenvalue weighted by Gasteiger charge is 2.27. The molecule has 1 N–H and O–H groups in total. The Kier molecular flexibility index (Phi) is 5.30. The summed E-state index contributed by atoms with van der Waals surface area (Å²) in [6.45, 7) is 4.98. The molecule has 0 saturated heterocycles. The lowest BCUT2D eigenvalue weighted by Gasteiger charge is -2.20. The lowest BCUT2D eigenvalue weighted by molar-refractivity contribution is -0.156. The van der Waals surface area contributed by atoms with Gasteiger partial charge in [-0.3, -0.25) is 4.79 Å². The Labute approximate surface area is 83.4 Å². The van der Waals surface area contributed by atoms with Gasteiger partial charge < -0.3 is 9.84 Å². The summed E-state index contributed by atoms with van der Waals surface area (Å²) in [6.07, 6.45) is -0.336. The van der Waals surface area contributed by atoms with Crippen molar-refractivity contribution < 1.29 is 14.6 Å². The van der Waals surface area contributed by atoms with Crippen molar-refractivity contribution in [3.63, 3.8) is 0 Å². The predicted octanol–water partition coefficient (Wildman–Crippen LogP) is 1.09. The minimum Gasteiger partial charge on any atom is -0.462 e. The first-order valence-electron chi connectivity index (χ1n) is 4.58. The van der Waals surface area contributed by atoms with E-state index < -0.39 is 11.5 Å². The molecular formula is C9H17NO4. The van der Waals surface area contributed by atoms with E-state index >= 15 is 0 Å². The maximum Gasteiger partial charge on any atom is 0.311 e. The lowest BCUT2D eigenvalue weighted by Crippen LogP contribution is -2.29. The second-order valence-electron chi connectivity index (χ2n) is 3.80. The highest BCUT2D eigenvalue weighted by atomic mass is 16.5. The molecule has 0 saturated carbocycles. The Hall–Kier alpha value is -0.970. The smallest absolute Gasteiger partial charge is 0.311 e. The number of rotatable bonds is 6. The van der Waals surface area contributed by atoms with Crippen molar-refractivity contribution in [1.29, 1.82) is 0 Å². The monoisotopic (exact) mass is 203 g/mol. The molecule has 0 aromatic carbocycles. The van der Waals surface area contributed by atoms with E-state index in [1.165, 1.54) is 0 Å². The van der Waals surface area contributed by atoms with Crippen LogP contribution in [0.2, 0.25) is 0 Å². The van der Waals surface area contributed by atoms with Crippen LogP contribution in [0.4, 0.5) is 0 Å². The number of aliphatic hydroxyl groups is 1. The van der Waals surface area contributed by atoms with E-state index in [9.17, 15) is 9.70 Å². The van der Waals surface area contributed by atoms with Crippen LogP contribution in [-0.2, 0) is 9.53 Å². The molecule has 0 aliphatic carbocycles. The highest BCUT2D eigenvalue weighted by Crippen LogP contribution is 2.21. The van der Waals surface area contributed by atoms with Gasteiger partial charge in [0.25, 0.3) is 0 Å². The van der Waals surface area contributed by atoms with E-state index in [0.29, 0.717) is 6.42 Å². The second kappa shape index (κ2) is 5.70. The Morgan fingerprint density at radius 3 is 2.57 bits per heavy atom. The molecule has 0 aliphatic rings. The molecule has 1 atom stereocenters. The Balaban J connectivity index is 3.90. The molecule has 5 nitrogen and oxygen atoms in total. The number of esters is 1. The third-order valence-electron chi connectivity index (χ3n) is 2.13. The summed E-state index contributed by atoms with van der Waals surface area (Å²) >= 11 is 0. The number of hydrogen-bond donors (Lipinski definition) is 1. The maximum atomic E-state index is 11.4. The topological polar surface area (TPSA) is 76.0 Å². The van der Waals surface area contributed by atoms with E-state index in [4.69, 9.17) is 9.84 Å². The summed E-state index contributed by atoms with van der Waals surface area (Å²) in [6, 6.07) is 0. The molecule has 0 radical (unpaired) electrons. The zero-order valence-electron chi connectivity index (χ0n) is 8.82. The van der Waals surface area contributed by atoms with Gasteiger partial charge in [0.15, 0.2) is 0 Å². The van der Waals surface area contributed by atoms with Crippen molar-refractivity contribution in [2.45, 2.75) is 33.3 Å². The molecule has 0 heterocycles. The number of nitroso groups, excluding NO2 is 1. The van der Waals surface area contributed by atoms with Gasteiger partial charge in [-0.1, -0.05) is 12.1 Å². The molecule has 0 aromatic heterocycles. The molecule has 0 rings (SSSR count). The number of ether oxygens (including phenoxy) is 1. The van der Waals surface area contributed by atoms with E-state index in [1.807, 2.05) is 6.92 Å². The zero-order chi connectivity index (χ0) is 11.2. The molecule has 14 heavy (non-hydrogen) atoms. The van der Waals surface area contributed by atoms with Crippen molar-refractivity contribution in [2.24, 2.45) is 10.6 Å². The van der Waals surface area contributed by atoms with Gasteiger partial charge in [0.1, 0.15) is 19.3 Å². The number of aliphatic hydroxyl groups excluding tert-OH is 1. The van der Waals surface area contributed by atoms with Crippen LogP contribution in [0.15, 0.2) is 5.18 Å². The Morgan fingerprint density at radius 2 is 2.14 bits per heavy atom. The summed E-state index contributed by atoms with van der Waals surface area (Å²) in [4.78, 5) is 21.1. The molecule has 0 aromatic rings. The standard InChI is InChI=1S/C9H17NO4/c1-4-9(2,3)8(12)14-6-7(11)5-10-13/h7,11H,4-6H2,1-3H3/t7-/m1/s1. The predicted molar refractivity (Wildman–Crippen MR) is 51.7 cm³/mol. The SMILES string of the molecule is CCC(C)(C)C(=O)OC[C@H](O)CN=O. The molecule has 5 heteroatoms. The van der Waals surface area contributed by atoms with Crippen molar-refractivity contribution >= 4 is 5.97 Å². The lowest BCUT2D eigenvalue weighted by atomic mass is 9.91. The van der Waals surface area contributed by atoms with Crippen LogP contribution in [0.25, 0.3) is 0 Å². The van der Waals surface area contributed by atoms with Crippen molar-refractivity contribution in [1.82, 2.24) is 0 Å². The van der Waals surface area contributed by atoms with Crippen molar-refractivity contribution in [2.75, 3.05) is 13.2 Å². The molecule has 0 aliphatic heterocycles. The van der Waals surface area contributed by atoms with Crippen LogP contribution in [0, 0.1) is 10.3 Å². The first kappa shape index (κ1) is 13.0. The van der Waals surface area contributed by atoms with Crippen LogP contribution >= 0.6 is 0 Å². The van der Waals surface area contributed by atoms with Crippen LogP contribution in [-0.4, -0.2) is 30.3 Å². The molecule has 0 bridgehead atoms. The average Bonchev–Trinajstić information content (AvgIpc) is 2.14. The molecule has 0 amide bonds. The number of carbonyl (C=O) groups is 1. The molecule has 0 fully saturated rings. The quantitative estimate of drug-likeness (QED) is 0.518. The van der Waals surface area contributed by atoms with E-state index in [-0.39, 0.29) is 19.1 Å². The van der Waals surface area contributed by atoms with Crippen molar-refractivity contribution in [3.8, 4) is 0 Å². The molecule has 82 valence electrons. The number of carbonyl (C=O) groups excluding carboxylic acids is 1. The first-order chi connectivity index (χ1) is 6.44. The minimum atomic E-state index is -0.996. The maximum absolute atomic E-state index is 11.4. The largest absolute Gasteiger partial charge is 0.462 e. The normalized spacial score (nSPS) is 13.4. The number of nitrogens with zero attached hydrogens (tertiary/aromatic N) is 1. The minimum absolute atomic E-state index is 0.173. The van der Waals surface area contributed by atoms with Gasteiger partial charge >= 0.3 is 5.97 Å². The summed E-state index contributed by atoms with van der Waals surface area (Å²) in [5.41, 5.74) is -0.547. The van der Waals surface area contributed by atoms with E-state index in [0.717, 1.165) is 0 Å². The van der Waals surface area contributed by atoms with E-state index in [2.05, 4.69) is 5.18 Å². The molecular weight excluding hydrogens is 186 g/mol. The fourth-order valence-electron chi connectivity index (χ4n) is 0.650. The van der Waals surface area contributed by atoms with Gasteiger partial charge in [-0.2, -0.15) is 4.91 Å². The fraction of sp³-hybridized carbons (Fsp3) is 0.889. The highest BCUT2D eigenvalue weighted by molar-refractivity contribution is 5.75. The van der Waals surface area contributed by atoms with Crippen molar-refractivity contribution in [3.05, 3.63) is 4.91 Å². The summed E-state index contributed by atoms with van der Waals surface area (Å²) in [7, 11) is 0. The van der Waals surface area contributed by atoms with Gasteiger partial charge in [-0.25, -0.2) is 0 Å². The summed E-state index contributed by atoms with van der Waals surface area (Å²) in [5, 5.41) is 11.6. The van der Waals surface area contributed by atoms with Gasteiger partial charge in [0, 0.05) is 0 Å². The Bertz CT molecular complexity index is 203. The molecule has 0 unspecified atom stereocenters. The van der Waals surface area contributed by atoms with E-state index in [1.54, 1.807) is 13.8 Å². The average molecular weight is 203 g/mol. The summed E-state index contributed by atoms with van der Waals surface area (Å²) in [5.74, 6) is -0.370. The molecule has 0 spiro atoms. The van der Waals surface area contributed by atoms with Crippen LogP contribution < -0.4 is 0 Å². The third kappa shape index (κ3) is 4.32. The Morgan fingerprint density at radius 1 is 1.57 bits per heavy atom.